The molecule has 0 saturated carbocycles. The highest BCUT2D eigenvalue weighted by Gasteiger charge is 2.16. The van der Waals surface area contributed by atoms with Gasteiger partial charge in [-0.05, 0) is 25.5 Å². The largest absolute Gasteiger partial charge is 0.386 e. The zero-order valence-corrected chi connectivity index (χ0v) is 11.2. The monoisotopic (exact) mass is 265 g/mol. The fourth-order valence-corrected chi connectivity index (χ4v) is 2.08. The molecule has 96 valence electrons. The molecule has 2 aromatic heterocycles. The van der Waals surface area contributed by atoms with Crippen LogP contribution in [0.1, 0.15) is 37.3 Å². The maximum absolute atomic E-state index is 10.3. The van der Waals surface area contributed by atoms with Gasteiger partial charge in [-0.3, -0.25) is 4.98 Å². The Morgan fingerprint density at radius 3 is 2.78 bits per heavy atom. The number of nitrogens with zero attached hydrogens (tertiary/aromatic N) is 3. The second-order valence-electron chi connectivity index (χ2n) is 4.51. The Kier molecular flexibility index (Phi) is 3.99. The predicted molar refractivity (Wildman–Crippen MR) is 70.5 cm³/mol. The lowest BCUT2D eigenvalue weighted by atomic mass is 10.1. The molecule has 0 aliphatic carbocycles. The molecule has 4 nitrogen and oxygen atoms in total. The lowest BCUT2D eigenvalue weighted by Crippen LogP contribution is -2.11. The number of halogens is 1. The first-order valence-corrected chi connectivity index (χ1v) is 6.25. The SMILES string of the molecule is CC(C)n1cncc1C(O)Cc1ccncc1Cl. The molecule has 18 heavy (non-hydrogen) atoms. The average Bonchev–Trinajstić information content (AvgIpc) is 2.81. The Morgan fingerprint density at radius 2 is 2.11 bits per heavy atom. The molecule has 0 amide bonds. The molecule has 0 saturated heterocycles. The second-order valence-corrected chi connectivity index (χ2v) is 4.91. The van der Waals surface area contributed by atoms with Gasteiger partial charge in [-0.1, -0.05) is 11.6 Å². The van der Waals surface area contributed by atoms with E-state index in [4.69, 9.17) is 11.6 Å². The van der Waals surface area contributed by atoms with E-state index in [0.717, 1.165) is 11.3 Å². The van der Waals surface area contributed by atoms with Crippen molar-refractivity contribution in [3.05, 3.63) is 47.3 Å². The van der Waals surface area contributed by atoms with Crippen molar-refractivity contribution < 1.29 is 5.11 Å². The molecular weight excluding hydrogens is 250 g/mol. The zero-order valence-electron chi connectivity index (χ0n) is 10.4. The van der Waals surface area contributed by atoms with Crippen molar-refractivity contribution in [2.45, 2.75) is 32.4 Å². The fourth-order valence-electron chi connectivity index (χ4n) is 1.89. The van der Waals surface area contributed by atoms with E-state index in [1.807, 2.05) is 10.6 Å². The van der Waals surface area contributed by atoms with Crippen LogP contribution in [0.25, 0.3) is 0 Å². The summed E-state index contributed by atoms with van der Waals surface area (Å²) >= 11 is 6.04. The van der Waals surface area contributed by atoms with Crippen molar-refractivity contribution in [2.24, 2.45) is 0 Å². The minimum atomic E-state index is -0.616. The van der Waals surface area contributed by atoms with E-state index in [9.17, 15) is 5.11 Å². The van der Waals surface area contributed by atoms with Crippen LogP contribution >= 0.6 is 11.6 Å². The van der Waals surface area contributed by atoms with Gasteiger partial charge in [0.1, 0.15) is 0 Å². The van der Waals surface area contributed by atoms with Crippen molar-refractivity contribution in [1.82, 2.24) is 14.5 Å². The summed E-state index contributed by atoms with van der Waals surface area (Å²) in [4.78, 5) is 8.02. The van der Waals surface area contributed by atoms with Crippen molar-refractivity contribution >= 4 is 11.6 Å². The lowest BCUT2D eigenvalue weighted by Gasteiger charge is -2.16. The molecule has 0 radical (unpaired) electrons. The number of aromatic nitrogens is 3. The minimum absolute atomic E-state index is 0.269. The van der Waals surface area contributed by atoms with E-state index < -0.39 is 6.10 Å². The standard InChI is InChI=1S/C13H16ClN3O/c1-9(2)17-8-16-7-12(17)13(18)5-10-3-4-15-6-11(10)14/h3-4,6-9,13,18H,5H2,1-2H3. The molecule has 0 spiro atoms. The van der Waals surface area contributed by atoms with Gasteiger partial charge in [0.05, 0.1) is 29.3 Å². The van der Waals surface area contributed by atoms with E-state index >= 15 is 0 Å². The van der Waals surface area contributed by atoms with E-state index in [2.05, 4.69) is 23.8 Å². The van der Waals surface area contributed by atoms with Gasteiger partial charge >= 0.3 is 0 Å². The van der Waals surface area contributed by atoms with E-state index in [1.54, 1.807) is 24.9 Å². The highest BCUT2D eigenvalue weighted by molar-refractivity contribution is 6.31. The summed E-state index contributed by atoms with van der Waals surface area (Å²) in [5, 5.41) is 10.9. The maximum atomic E-state index is 10.3. The highest BCUT2D eigenvalue weighted by atomic mass is 35.5. The minimum Gasteiger partial charge on any atom is -0.386 e. The van der Waals surface area contributed by atoms with Crippen molar-refractivity contribution in [3.8, 4) is 0 Å². The Balaban J connectivity index is 2.20. The second kappa shape index (κ2) is 5.50. The van der Waals surface area contributed by atoms with E-state index in [1.165, 1.54) is 0 Å². The predicted octanol–water partition coefficient (Wildman–Crippen LogP) is 2.79. The number of hydrogen-bond acceptors (Lipinski definition) is 3. The van der Waals surface area contributed by atoms with Crippen LogP contribution in [0.4, 0.5) is 0 Å². The summed E-state index contributed by atoms with van der Waals surface area (Å²) in [5.74, 6) is 0. The summed E-state index contributed by atoms with van der Waals surface area (Å²) in [5.41, 5.74) is 1.69. The fraction of sp³-hybridized carbons (Fsp3) is 0.385. The third-order valence-corrected chi connectivity index (χ3v) is 3.20. The van der Waals surface area contributed by atoms with E-state index in [0.29, 0.717) is 11.4 Å². The summed E-state index contributed by atoms with van der Waals surface area (Å²) in [6.45, 7) is 4.11. The molecule has 0 bridgehead atoms. The Bertz CT molecular complexity index is 524. The average molecular weight is 266 g/mol. The van der Waals surface area contributed by atoms with Gasteiger partial charge in [0.25, 0.3) is 0 Å². The van der Waals surface area contributed by atoms with Crippen LogP contribution in [0.15, 0.2) is 31.0 Å². The molecule has 2 rings (SSSR count). The lowest BCUT2D eigenvalue weighted by molar-refractivity contribution is 0.167. The Hall–Kier alpha value is -1.39. The molecule has 1 unspecified atom stereocenters. The van der Waals surface area contributed by atoms with E-state index in [-0.39, 0.29) is 6.04 Å². The third-order valence-electron chi connectivity index (χ3n) is 2.86. The summed E-state index contributed by atoms with van der Waals surface area (Å²) in [6, 6.07) is 2.09. The number of aliphatic hydroxyl groups excluding tert-OH is 1. The number of pyridine rings is 1. The highest BCUT2D eigenvalue weighted by Crippen LogP contribution is 2.24. The Labute approximate surface area is 111 Å². The van der Waals surface area contributed by atoms with Gasteiger partial charge in [0.15, 0.2) is 0 Å². The van der Waals surface area contributed by atoms with Gasteiger partial charge in [0.2, 0.25) is 0 Å². The smallest absolute Gasteiger partial charge is 0.0996 e. The zero-order chi connectivity index (χ0) is 13.1. The molecule has 1 atom stereocenters. The normalized spacial score (nSPS) is 12.9. The maximum Gasteiger partial charge on any atom is 0.0996 e. The van der Waals surface area contributed by atoms with Crippen LogP contribution in [-0.2, 0) is 6.42 Å². The molecule has 2 heterocycles. The number of imidazole rings is 1. The third kappa shape index (κ3) is 2.71. The molecule has 0 fully saturated rings. The molecule has 5 heteroatoms. The van der Waals surface area contributed by atoms with Crippen LogP contribution in [0.3, 0.4) is 0 Å². The van der Waals surface area contributed by atoms with Crippen LogP contribution in [0.2, 0.25) is 5.02 Å². The van der Waals surface area contributed by atoms with Gasteiger partial charge in [-0.25, -0.2) is 4.98 Å². The Morgan fingerprint density at radius 1 is 1.33 bits per heavy atom. The van der Waals surface area contributed by atoms with Crippen molar-refractivity contribution in [2.75, 3.05) is 0 Å². The molecule has 0 aromatic carbocycles. The molecule has 0 aliphatic heterocycles. The quantitative estimate of drug-likeness (QED) is 0.925. The summed E-state index contributed by atoms with van der Waals surface area (Å²) < 4.78 is 1.96. The van der Waals surface area contributed by atoms with Gasteiger partial charge in [-0.2, -0.15) is 0 Å². The molecular formula is C13H16ClN3O. The molecule has 1 N–H and O–H groups in total. The van der Waals surface area contributed by atoms with Gasteiger partial charge in [-0.15, -0.1) is 0 Å². The van der Waals surface area contributed by atoms with Crippen molar-refractivity contribution in [3.63, 3.8) is 0 Å². The summed E-state index contributed by atoms with van der Waals surface area (Å²) in [6.07, 6.45) is 6.53. The first-order valence-electron chi connectivity index (χ1n) is 5.87. The first kappa shape index (κ1) is 13.1. The van der Waals surface area contributed by atoms with Gasteiger partial charge in [0, 0.05) is 24.9 Å². The van der Waals surface area contributed by atoms with Crippen molar-refractivity contribution in [1.29, 1.82) is 0 Å². The molecule has 2 aromatic rings. The summed E-state index contributed by atoms with van der Waals surface area (Å²) in [7, 11) is 0. The molecule has 0 aliphatic rings. The first-order chi connectivity index (χ1) is 8.59. The van der Waals surface area contributed by atoms with Crippen LogP contribution < -0.4 is 0 Å². The topological polar surface area (TPSA) is 50.9 Å². The number of rotatable bonds is 4. The number of aliphatic hydroxyl groups is 1. The van der Waals surface area contributed by atoms with Crippen LogP contribution in [0.5, 0.6) is 0 Å². The van der Waals surface area contributed by atoms with Gasteiger partial charge < -0.3 is 9.67 Å². The van der Waals surface area contributed by atoms with Crippen LogP contribution in [-0.4, -0.2) is 19.6 Å². The van der Waals surface area contributed by atoms with Crippen LogP contribution in [0, 0.1) is 0 Å². The number of hydrogen-bond donors (Lipinski definition) is 1.